The molecular weight excluding hydrogens is 342 g/mol. The van der Waals surface area contributed by atoms with E-state index in [-0.39, 0.29) is 5.91 Å². The topological polar surface area (TPSA) is 64.1 Å². The number of aromatic nitrogens is 2. The lowest BCUT2D eigenvalue weighted by Crippen LogP contribution is -2.12. The van der Waals surface area contributed by atoms with Gasteiger partial charge in [0.05, 0.1) is 6.61 Å². The smallest absolute Gasteiger partial charge is 0.226 e. The van der Waals surface area contributed by atoms with E-state index in [0.717, 1.165) is 27.8 Å². The van der Waals surface area contributed by atoms with Crippen LogP contribution in [-0.2, 0) is 4.79 Å². The summed E-state index contributed by atoms with van der Waals surface area (Å²) in [7, 11) is 0. The van der Waals surface area contributed by atoms with Gasteiger partial charge in [-0.15, -0.1) is 10.2 Å². The molecule has 2 rings (SSSR count). The minimum Gasteiger partial charge on any atom is -0.494 e. The van der Waals surface area contributed by atoms with Gasteiger partial charge in [0.25, 0.3) is 0 Å². The van der Waals surface area contributed by atoms with Gasteiger partial charge in [0.1, 0.15) is 5.75 Å². The van der Waals surface area contributed by atoms with Crippen molar-refractivity contribution in [1.82, 2.24) is 10.2 Å². The SMILES string of the molecule is CCCCSc1nnc(NC(=O)CCCOc2cccc(C)c2)s1. The molecular formula is C17H23N3O2S2. The highest BCUT2D eigenvalue weighted by Crippen LogP contribution is 2.26. The number of rotatable bonds is 10. The first-order chi connectivity index (χ1) is 11.7. The van der Waals surface area contributed by atoms with E-state index in [2.05, 4.69) is 22.4 Å². The highest BCUT2D eigenvalue weighted by molar-refractivity contribution is 8.01. The molecule has 1 aromatic carbocycles. The molecule has 0 atom stereocenters. The van der Waals surface area contributed by atoms with Crippen LogP contribution in [0.1, 0.15) is 38.2 Å². The number of nitrogens with zero attached hydrogens (tertiary/aromatic N) is 2. The van der Waals surface area contributed by atoms with E-state index in [9.17, 15) is 4.79 Å². The van der Waals surface area contributed by atoms with Gasteiger partial charge in [-0.2, -0.15) is 0 Å². The molecule has 0 aliphatic carbocycles. The number of unbranched alkanes of at least 4 members (excludes halogenated alkanes) is 1. The molecule has 1 amide bonds. The van der Waals surface area contributed by atoms with Crippen molar-refractivity contribution in [3.05, 3.63) is 29.8 Å². The summed E-state index contributed by atoms with van der Waals surface area (Å²) < 4.78 is 6.54. The zero-order chi connectivity index (χ0) is 17.2. The zero-order valence-corrected chi connectivity index (χ0v) is 15.7. The number of ether oxygens (including phenoxy) is 1. The Balaban J connectivity index is 1.64. The summed E-state index contributed by atoms with van der Waals surface area (Å²) in [5.41, 5.74) is 1.16. The van der Waals surface area contributed by atoms with E-state index in [4.69, 9.17) is 4.74 Å². The van der Waals surface area contributed by atoms with E-state index in [0.29, 0.717) is 24.6 Å². The number of aryl methyl sites for hydroxylation is 1. The highest BCUT2D eigenvalue weighted by atomic mass is 32.2. The molecule has 24 heavy (non-hydrogen) atoms. The van der Waals surface area contributed by atoms with Crippen LogP contribution < -0.4 is 10.1 Å². The largest absolute Gasteiger partial charge is 0.494 e. The summed E-state index contributed by atoms with van der Waals surface area (Å²) >= 11 is 3.11. The monoisotopic (exact) mass is 365 g/mol. The fraction of sp³-hybridized carbons (Fsp3) is 0.471. The third kappa shape index (κ3) is 6.88. The Labute approximate surface area is 151 Å². The number of benzene rings is 1. The normalized spacial score (nSPS) is 10.6. The lowest BCUT2D eigenvalue weighted by molar-refractivity contribution is -0.116. The third-order valence-corrected chi connectivity index (χ3v) is 5.24. The second-order valence-corrected chi connectivity index (χ2v) is 7.71. The van der Waals surface area contributed by atoms with Gasteiger partial charge in [-0.1, -0.05) is 48.6 Å². The Morgan fingerprint density at radius 3 is 3.00 bits per heavy atom. The molecule has 0 saturated carbocycles. The minimum atomic E-state index is -0.0518. The van der Waals surface area contributed by atoms with Gasteiger partial charge in [-0.25, -0.2) is 0 Å². The van der Waals surface area contributed by atoms with Crippen LogP contribution in [0.3, 0.4) is 0 Å². The zero-order valence-electron chi connectivity index (χ0n) is 14.1. The third-order valence-electron chi connectivity index (χ3n) is 3.18. The van der Waals surface area contributed by atoms with Crippen LogP contribution >= 0.6 is 23.1 Å². The first kappa shape index (κ1) is 18.7. The first-order valence-electron chi connectivity index (χ1n) is 8.13. The van der Waals surface area contributed by atoms with Gasteiger partial charge in [0.15, 0.2) is 4.34 Å². The highest BCUT2D eigenvalue weighted by Gasteiger charge is 2.08. The number of hydrogen-bond donors (Lipinski definition) is 1. The van der Waals surface area contributed by atoms with Crippen molar-refractivity contribution >= 4 is 34.1 Å². The van der Waals surface area contributed by atoms with E-state index >= 15 is 0 Å². The van der Waals surface area contributed by atoms with Crippen LogP contribution in [0.2, 0.25) is 0 Å². The number of amides is 1. The van der Waals surface area contributed by atoms with Crippen molar-refractivity contribution in [1.29, 1.82) is 0 Å². The molecule has 0 saturated heterocycles. The quantitative estimate of drug-likeness (QED) is 0.380. The summed E-state index contributed by atoms with van der Waals surface area (Å²) in [6.45, 7) is 4.71. The van der Waals surface area contributed by atoms with E-state index in [1.165, 1.54) is 17.8 Å². The van der Waals surface area contributed by atoms with Crippen molar-refractivity contribution in [3.63, 3.8) is 0 Å². The summed E-state index contributed by atoms with van der Waals surface area (Å²) in [6, 6.07) is 7.89. The summed E-state index contributed by atoms with van der Waals surface area (Å²) in [5.74, 6) is 1.83. The van der Waals surface area contributed by atoms with Crippen LogP contribution in [0.15, 0.2) is 28.6 Å². The van der Waals surface area contributed by atoms with Crippen molar-refractivity contribution < 1.29 is 9.53 Å². The maximum absolute atomic E-state index is 11.9. The number of carbonyl (C=O) groups excluding carboxylic acids is 1. The van der Waals surface area contributed by atoms with Crippen LogP contribution in [0, 0.1) is 6.92 Å². The van der Waals surface area contributed by atoms with E-state index in [1.54, 1.807) is 11.8 Å². The molecule has 130 valence electrons. The van der Waals surface area contributed by atoms with Gasteiger partial charge in [-0.05, 0) is 37.5 Å². The maximum Gasteiger partial charge on any atom is 0.226 e. The lowest BCUT2D eigenvalue weighted by Gasteiger charge is -2.06. The average molecular weight is 366 g/mol. The molecule has 0 aliphatic heterocycles. The Kier molecular flexibility index (Phi) is 8.04. The van der Waals surface area contributed by atoms with E-state index in [1.807, 2.05) is 31.2 Å². The van der Waals surface area contributed by atoms with Crippen LogP contribution in [0.5, 0.6) is 5.75 Å². The molecule has 0 fully saturated rings. The van der Waals surface area contributed by atoms with Gasteiger partial charge in [0.2, 0.25) is 11.0 Å². The Morgan fingerprint density at radius 2 is 2.21 bits per heavy atom. The van der Waals surface area contributed by atoms with E-state index < -0.39 is 0 Å². The molecule has 5 nitrogen and oxygen atoms in total. The Morgan fingerprint density at radius 1 is 1.33 bits per heavy atom. The second kappa shape index (κ2) is 10.3. The standard InChI is InChI=1S/C17H23N3O2S2/c1-3-4-11-23-17-20-19-16(24-17)18-15(21)9-6-10-22-14-8-5-7-13(2)12-14/h5,7-8,12H,3-4,6,9-11H2,1-2H3,(H,18,19,21). The molecule has 0 aliphatic rings. The number of hydrogen-bond acceptors (Lipinski definition) is 6. The van der Waals surface area contributed by atoms with Crippen LogP contribution in [0.25, 0.3) is 0 Å². The van der Waals surface area contributed by atoms with Crippen LogP contribution in [-0.4, -0.2) is 28.5 Å². The summed E-state index contributed by atoms with van der Waals surface area (Å²) in [6.07, 6.45) is 3.40. The molecule has 0 spiro atoms. The molecule has 1 aromatic heterocycles. The molecule has 0 bridgehead atoms. The van der Waals surface area contributed by atoms with Crippen LogP contribution in [0.4, 0.5) is 5.13 Å². The fourth-order valence-electron chi connectivity index (χ4n) is 1.93. The minimum absolute atomic E-state index is 0.0518. The van der Waals surface area contributed by atoms with Crippen molar-refractivity contribution in [2.45, 2.75) is 43.9 Å². The molecule has 2 aromatic rings. The van der Waals surface area contributed by atoms with Gasteiger partial charge in [0, 0.05) is 12.2 Å². The molecule has 1 N–H and O–H groups in total. The molecule has 7 heteroatoms. The number of nitrogens with one attached hydrogen (secondary N) is 1. The predicted octanol–water partition coefficient (Wildman–Crippen LogP) is 4.54. The lowest BCUT2D eigenvalue weighted by atomic mass is 10.2. The average Bonchev–Trinajstić information content (AvgIpc) is 2.99. The molecule has 0 radical (unpaired) electrons. The Hall–Kier alpha value is -1.60. The number of anilines is 1. The molecule has 1 heterocycles. The summed E-state index contributed by atoms with van der Waals surface area (Å²) in [5, 5.41) is 11.4. The van der Waals surface area contributed by atoms with Gasteiger partial charge in [-0.3, -0.25) is 4.79 Å². The fourth-order valence-corrected chi connectivity index (χ4v) is 3.85. The van der Waals surface area contributed by atoms with Gasteiger partial charge < -0.3 is 10.1 Å². The number of carbonyl (C=O) groups is 1. The molecule has 0 unspecified atom stereocenters. The summed E-state index contributed by atoms with van der Waals surface area (Å²) in [4.78, 5) is 11.9. The van der Waals surface area contributed by atoms with Crippen molar-refractivity contribution in [2.75, 3.05) is 17.7 Å². The van der Waals surface area contributed by atoms with Crippen molar-refractivity contribution in [3.8, 4) is 5.75 Å². The Bertz CT molecular complexity index is 646. The maximum atomic E-state index is 11.9. The van der Waals surface area contributed by atoms with Crippen molar-refractivity contribution in [2.24, 2.45) is 0 Å². The second-order valence-electron chi connectivity index (χ2n) is 5.39. The van der Waals surface area contributed by atoms with Gasteiger partial charge >= 0.3 is 0 Å². The number of thioether (sulfide) groups is 1. The predicted molar refractivity (Wildman–Crippen MR) is 100 cm³/mol. The first-order valence-corrected chi connectivity index (χ1v) is 9.93.